The number of aromatic nitrogens is 3. The summed E-state index contributed by atoms with van der Waals surface area (Å²) in [7, 11) is 1.01. The minimum atomic E-state index is -2.54. The van der Waals surface area contributed by atoms with Crippen LogP contribution in [0.5, 0.6) is 0 Å². The van der Waals surface area contributed by atoms with E-state index in [0.29, 0.717) is 37.7 Å². The number of nitrogens with zero attached hydrogens (tertiary/aromatic N) is 3. The van der Waals surface area contributed by atoms with E-state index in [-0.39, 0.29) is 0 Å². The fraction of sp³-hybridized carbons (Fsp3) is 0.800. The Bertz CT molecular complexity index is 455. The largest absolute Gasteiger partial charge is 0.500 e. The average Bonchev–Trinajstić information content (AvgIpc) is 2.61. The molecule has 0 bridgehead atoms. The van der Waals surface area contributed by atoms with Crippen LogP contribution in [0.3, 0.4) is 0 Å². The van der Waals surface area contributed by atoms with Crippen molar-refractivity contribution in [2.24, 2.45) is 0 Å². The Kier molecular flexibility index (Phi) is 10.3. The Labute approximate surface area is 151 Å². The van der Waals surface area contributed by atoms with Crippen molar-refractivity contribution >= 4 is 26.6 Å². The molecule has 0 spiro atoms. The summed E-state index contributed by atoms with van der Waals surface area (Å²) in [5.74, 6) is 1.60. The molecule has 0 radical (unpaired) electrons. The van der Waals surface area contributed by atoms with Gasteiger partial charge in [0.1, 0.15) is 0 Å². The molecule has 25 heavy (non-hydrogen) atoms. The normalized spacial score (nSPS) is 11.4. The van der Waals surface area contributed by atoms with E-state index in [2.05, 4.69) is 30.9 Å². The lowest BCUT2D eigenvalue weighted by Crippen LogP contribution is -2.45. The van der Waals surface area contributed by atoms with Crippen molar-refractivity contribution in [3.8, 4) is 0 Å². The summed E-state index contributed by atoms with van der Waals surface area (Å²) < 4.78 is 17.6. The second kappa shape index (κ2) is 12.0. The quantitative estimate of drug-likeness (QED) is 0.335. The first-order valence-corrected chi connectivity index (χ1v) is 10.8. The monoisotopic (exact) mass is 372 g/mol. The second-order valence-corrected chi connectivity index (χ2v) is 7.90. The Morgan fingerprint density at radius 1 is 0.760 bits per heavy atom. The predicted octanol–water partition coefficient (Wildman–Crippen LogP) is 2.20. The first-order valence-electron chi connectivity index (χ1n) is 8.90. The number of anilines is 3. The van der Waals surface area contributed by atoms with Crippen LogP contribution in [0.25, 0.3) is 0 Å². The highest BCUT2D eigenvalue weighted by Crippen LogP contribution is 2.19. The van der Waals surface area contributed by atoms with Crippen LogP contribution in [0.15, 0.2) is 0 Å². The van der Waals surface area contributed by atoms with Gasteiger partial charge < -0.3 is 29.2 Å². The van der Waals surface area contributed by atoms with E-state index in [4.69, 9.17) is 13.3 Å². The number of hydrogen-bond donors (Lipinski definition) is 3. The molecule has 0 atom stereocenters. The van der Waals surface area contributed by atoms with Crippen molar-refractivity contribution in [1.29, 1.82) is 0 Å². The maximum absolute atomic E-state index is 5.86. The third kappa shape index (κ3) is 7.51. The number of rotatable bonds is 14. The maximum Gasteiger partial charge on any atom is 0.500 e. The van der Waals surface area contributed by atoms with Gasteiger partial charge in [0.15, 0.2) is 0 Å². The van der Waals surface area contributed by atoms with Gasteiger partial charge in [0.05, 0.1) is 0 Å². The molecule has 0 aromatic carbocycles. The van der Waals surface area contributed by atoms with Crippen LogP contribution >= 0.6 is 0 Å². The van der Waals surface area contributed by atoms with Gasteiger partial charge in [0.2, 0.25) is 17.8 Å². The van der Waals surface area contributed by atoms with Gasteiger partial charge in [-0.25, -0.2) is 0 Å². The zero-order chi connectivity index (χ0) is 18.5. The molecule has 1 aromatic heterocycles. The molecule has 10 heteroatoms. The summed E-state index contributed by atoms with van der Waals surface area (Å²) >= 11 is 0. The molecule has 0 saturated carbocycles. The van der Waals surface area contributed by atoms with E-state index in [1.54, 1.807) is 14.1 Å². The van der Waals surface area contributed by atoms with E-state index < -0.39 is 8.80 Å². The zero-order valence-electron chi connectivity index (χ0n) is 16.0. The third-order valence-electron chi connectivity index (χ3n) is 3.37. The Balaban J connectivity index is 2.48. The second-order valence-electron chi connectivity index (χ2n) is 5.17. The summed E-state index contributed by atoms with van der Waals surface area (Å²) in [6.07, 6.45) is 1.89. The average molecular weight is 373 g/mol. The molecule has 0 amide bonds. The van der Waals surface area contributed by atoms with Gasteiger partial charge in [-0.05, 0) is 33.6 Å². The van der Waals surface area contributed by atoms with E-state index in [0.717, 1.165) is 25.4 Å². The van der Waals surface area contributed by atoms with E-state index >= 15 is 0 Å². The minimum Gasteiger partial charge on any atom is -0.374 e. The molecule has 1 rings (SSSR count). The van der Waals surface area contributed by atoms with Crippen LogP contribution in [0.4, 0.5) is 17.8 Å². The van der Waals surface area contributed by atoms with Crippen LogP contribution in [0.1, 0.15) is 33.6 Å². The van der Waals surface area contributed by atoms with Crippen LogP contribution in [-0.4, -0.2) is 64.2 Å². The van der Waals surface area contributed by atoms with Crippen LogP contribution in [-0.2, 0) is 13.3 Å². The van der Waals surface area contributed by atoms with Gasteiger partial charge >= 0.3 is 8.80 Å². The van der Waals surface area contributed by atoms with Crippen molar-refractivity contribution in [2.75, 3.05) is 56.4 Å². The summed E-state index contributed by atoms with van der Waals surface area (Å²) in [5, 5.41) is 9.07. The molecule has 0 aliphatic carbocycles. The SMILES string of the molecule is CCO[Si](CCCCNc1nc(NC)nc(NC)n1)(OCC)OCC. The van der Waals surface area contributed by atoms with E-state index in [1.165, 1.54) is 0 Å². The van der Waals surface area contributed by atoms with Gasteiger partial charge in [-0.3, -0.25) is 0 Å². The van der Waals surface area contributed by atoms with Crippen LogP contribution in [0, 0.1) is 0 Å². The summed E-state index contributed by atoms with van der Waals surface area (Å²) in [4.78, 5) is 12.7. The summed E-state index contributed by atoms with van der Waals surface area (Å²) in [6.45, 7) is 8.49. The van der Waals surface area contributed by atoms with E-state index in [1.807, 2.05) is 20.8 Å². The smallest absolute Gasteiger partial charge is 0.374 e. The predicted molar refractivity (Wildman–Crippen MR) is 102 cm³/mol. The van der Waals surface area contributed by atoms with Crippen molar-refractivity contribution < 1.29 is 13.3 Å². The molecule has 0 saturated heterocycles. The fourth-order valence-corrected chi connectivity index (χ4v) is 5.03. The Morgan fingerprint density at radius 3 is 1.68 bits per heavy atom. The highest BCUT2D eigenvalue weighted by Gasteiger charge is 2.39. The fourth-order valence-electron chi connectivity index (χ4n) is 2.35. The van der Waals surface area contributed by atoms with Crippen LogP contribution in [0.2, 0.25) is 6.04 Å². The van der Waals surface area contributed by atoms with Gasteiger partial charge in [-0.15, -0.1) is 0 Å². The molecule has 144 valence electrons. The molecular formula is C15H32N6O3Si. The zero-order valence-corrected chi connectivity index (χ0v) is 17.0. The lowest BCUT2D eigenvalue weighted by Gasteiger charge is -2.28. The first kappa shape index (κ1) is 21.5. The van der Waals surface area contributed by atoms with Gasteiger partial charge in [0.25, 0.3) is 0 Å². The van der Waals surface area contributed by atoms with Crippen molar-refractivity contribution in [2.45, 2.75) is 39.7 Å². The molecule has 0 aliphatic heterocycles. The summed E-state index contributed by atoms with van der Waals surface area (Å²) in [5.41, 5.74) is 0. The number of hydrogen-bond acceptors (Lipinski definition) is 9. The maximum atomic E-state index is 5.86. The molecule has 1 aromatic rings. The highest BCUT2D eigenvalue weighted by molar-refractivity contribution is 6.60. The van der Waals surface area contributed by atoms with Crippen LogP contribution < -0.4 is 16.0 Å². The van der Waals surface area contributed by atoms with Crippen molar-refractivity contribution in [1.82, 2.24) is 15.0 Å². The van der Waals surface area contributed by atoms with Gasteiger partial charge in [0, 0.05) is 46.5 Å². The number of nitrogens with one attached hydrogen (secondary N) is 3. The van der Waals surface area contributed by atoms with Crippen molar-refractivity contribution in [3.05, 3.63) is 0 Å². The number of unbranched alkanes of at least 4 members (excludes halogenated alkanes) is 1. The molecule has 3 N–H and O–H groups in total. The first-order chi connectivity index (χ1) is 12.1. The molecule has 9 nitrogen and oxygen atoms in total. The third-order valence-corrected chi connectivity index (χ3v) is 6.52. The lowest BCUT2D eigenvalue weighted by molar-refractivity contribution is 0.0707. The standard InChI is InChI=1S/C15H32N6O3Si/c1-6-22-25(23-7-2,24-8-3)12-10-9-11-18-15-20-13(16-4)19-14(17-5)21-15/h6-12H2,1-5H3,(H3,16,17,18,19,20,21). The Morgan fingerprint density at radius 2 is 1.24 bits per heavy atom. The summed E-state index contributed by atoms with van der Waals surface area (Å²) in [6, 6.07) is 0.810. The Hall–Kier alpha value is -1.49. The molecule has 0 unspecified atom stereocenters. The highest BCUT2D eigenvalue weighted by atomic mass is 28.4. The molecule has 0 fully saturated rings. The molecular weight excluding hydrogens is 340 g/mol. The lowest BCUT2D eigenvalue weighted by atomic mass is 10.3. The topological polar surface area (TPSA) is 102 Å². The van der Waals surface area contributed by atoms with Gasteiger partial charge in [-0.1, -0.05) is 0 Å². The van der Waals surface area contributed by atoms with Gasteiger partial charge in [-0.2, -0.15) is 15.0 Å². The minimum absolute atomic E-state index is 0.525. The van der Waals surface area contributed by atoms with E-state index in [9.17, 15) is 0 Å². The molecule has 0 aliphatic rings. The molecule has 1 heterocycles. The van der Waals surface area contributed by atoms with Crippen molar-refractivity contribution in [3.63, 3.8) is 0 Å².